The van der Waals surface area contributed by atoms with Crippen molar-refractivity contribution in [1.82, 2.24) is 9.97 Å². The number of rotatable bonds is 2. The van der Waals surface area contributed by atoms with Crippen molar-refractivity contribution in [2.75, 3.05) is 5.32 Å². The summed E-state index contributed by atoms with van der Waals surface area (Å²) in [5.41, 5.74) is 2.96. The number of hydrogen-bond acceptors (Lipinski definition) is 4. The van der Waals surface area contributed by atoms with E-state index in [2.05, 4.69) is 15.3 Å². The van der Waals surface area contributed by atoms with Crippen molar-refractivity contribution in [3.05, 3.63) is 51.8 Å². The third-order valence-corrected chi connectivity index (χ3v) is 3.79. The molecule has 0 aliphatic rings. The van der Waals surface area contributed by atoms with Crippen LogP contribution in [0.15, 0.2) is 35.1 Å². The number of aryl methyl sites for hydroxylation is 2. The number of nitrogens with one attached hydrogen (secondary N) is 2. The largest absolute Gasteiger partial charge is 0.507 e. The van der Waals surface area contributed by atoms with Gasteiger partial charge in [-0.25, -0.2) is 4.98 Å². The Morgan fingerprint density at radius 2 is 1.83 bits per heavy atom. The van der Waals surface area contributed by atoms with Crippen molar-refractivity contribution in [3.63, 3.8) is 0 Å². The minimum absolute atomic E-state index is 0.203. The third-order valence-electron chi connectivity index (χ3n) is 3.79. The molecule has 3 aromatic rings. The monoisotopic (exact) mass is 323 g/mol. The van der Waals surface area contributed by atoms with Gasteiger partial charge in [0.1, 0.15) is 11.6 Å². The fourth-order valence-electron chi connectivity index (χ4n) is 2.65. The highest BCUT2D eigenvalue weighted by atomic mass is 16.3. The van der Waals surface area contributed by atoms with Crippen molar-refractivity contribution in [1.29, 1.82) is 0 Å². The number of benzene rings is 2. The van der Waals surface area contributed by atoms with Crippen molar-refractivity contribution < 1.29 is 9.90 Å². The first-order chi connectivity index (χ1) is 11.3. The van der Waals surface area contributed by atoms with Gasteiger partial charge < -0.3 is 15.4 Å². The summed E-state index contributed by atoms with van der Waals surface area (Å²) in [4.78, 5) is 30.8. The molecule has 0 radical (unpaired) electrons. The van der Waals surface area contributed by atoms with E-state index in [1.165, 1.54) is 6.92 Å². The van der Waals surface area contributed by atoms with Crippen molar-refractivity contribution in [2.45, 2.75) is 20.8 Å². The lowest BCUT2D eigenvalue weighted by molar-refractivity contribution is -0.114. The van der Waals surface area contributed by atoms with Gasteiger partial charge in [0, 0.05) is 18.2 Å². The molecule has 2 aromatic carbocycles. The van der Waals surface area contributed by atoms with E-state index in [-0.39, 0.29) is 17.2 Å². The lowest BCUT2D eigenvalue weighted by atomic mass is 10.1. The SMILES string of the molecule is CC(=O)Nc1ccc2nc(-c3cc(C)c(O)c(C)c3)[nH]c(=O)c2c1. The molecule has 0 aliphatic carbocycles. The maximum absolute atomic E-state index is 12.4. The number of hydrogen-bond donors (Lipinski definition) is 3. The van der Waals surface area contributed by atoms with Crippen LogP contribution in [-0.4, -0.2) is 21.0 Å². The summed E-state index contributed by atoms with van der Waals surface area (Å²) in [6.45, 7) is 5.00. The Labute approximate surface area is 138 Å². The highest BCUT2D eigenvalue weighted by molar-refractivity contribution is 5.92. The number of phenolic OH excluding ortho intramolecular Hbond substituents is 1. The molecule has 3 N–H and O–H groups in total. The molecular weight excluding hydrogens is 306 g/mol. The Morgan fingerprint density at radius 1 is 1.17 bits per heavy atom. The number of nitrogens with zero attached hydrogens (tertiary/aromatic N) is 1. The second-order valence-corrected chi connectivity index (χ2v) is 5.79. The van der Waals surface area contributed by atoms with Crippen LogP contribution in [0, 0.1) is 13.8 Å². The fourth-order valence-corrected chi connectivity index (χ4v) is 2.65. The standard InChI is InChI=1S/C18H17N3O3/c1-9-6-12(7-10(2)16(9)23)17-20-15-5-4-13(19-11(3)22)8-14(15)18(24)21-17/h4-8,23H,1-3H3,(H,19,22)(H,20,21,24). The van der Waals surface area contributed by atoms with Crippen LogP contribution >= 0.6 is 0 Å². The van der Waals surface area contributed by atoms with Crippen LogP contribution in [-0.2, 0) is 4.79 Å². The molecule has 0 atom stereocenters. The predicted octanol–water partition coefficient (Wildman–Crippen LogP) is 2.87. The average molecular weight is 323 g/mol. The zero-order valence-electron chi connectivity index (χ0n) is 13.6. The van der Waals surface area contributed by atoms with E-state index >= 15 is 0 Å². The maximum atomic E-state index is 12.4. The van der Waals surface area contributed by atoms with E-state index in [4.69, 9.17) is 0 Å². The van der Waals surface area contributed by atoms with Crippen LogP contribution in [0.5, 0.6) is 5.75 Å². The van der Waals surface area contributed by atoms with Gasteiger partial charge in [0.05, 0.1) is 10.9 Å². The molecule has 122 valence electrons. The lowest BCUT2D eigenvalue weighted by Gasteiger charge is -2.09. The summed E-state index contributed by atoms with van der Waals surface area (Å²) >= 11 is 0. The first-order valence-electron chi connectivity index (χ1n) is 7.47. The van der Waals surface area contributed by atoms with Crippen LogP contribution in [0.25, 0.3) is 22.3 Å². The zero-order valence-corrected chi connectivity index (χ0v) is 13.6. The number of fused-ring (bicyclic) bond motifs is 1. The molecule has 0 bridgehead atoms. The molecule has 24 heavy (non-hydrogen) atoms. The molecule has 0 spiro atoms. The highest BCUT2D eigenvalue weighted by Crippen LogP contribution is 2.27. The van der Waals surface area contributed by atoms with Gasteiger partial charge in [-0.2, -0.15) is 0 Å². The van der Waals surface area contributed by atoms with Gasteiger partial charge in [0.2, 0.25) is 5.91 Å². The summed E-state index contributed by atoms with van der Waals surface area (Å²) in [7, 11) is 0. The first-order valence-corrected chi connectivity index (χ1v) is 7.47. The van der Waals surface area contributed by atoms with Crippen molar-refractivity contribution in [3.8, 4) is 17.1 Å². The molecule has 0 unspecified atom stereocenters. The van der Waals surface area contributed by atoms with E-state index in [1.807, 2.05) is 0 Å². The molecule has 6 heteroatoms. The molecule has 1 aromatic heterocycles. The topological polar surface area (TPSA) is 95.1 Å². The Kier molecular flexibility index (Phi) is 3.81. The number of phenols is 1. The second kappa shape index (κ2) is 5.81. The van der Waals surface area contributed by atoms with Crippen LogP contribution in [0.2, 0.25) is 0 Å². The Hall–Kier alpha value is -3.15. The number of H-pyrrole nitrogens is 1. The minimum Gasteiger partial charge on any atom is -0.507 e. The van der Waals surface area contributed by atoms with Crippen LogP contribution in [0.4, 0.5) is 5.69 Å². The number of aromatic nitrogens is 2. The van der Waals surface area contributed by atoms with Crippen LogP contribution in [0.1, 0.15) is 18.1 Å². The van der Waals surface area contributed by atoms with Gasteiger partial charge in [0.25, 0.3) is 5.56 Å². The Balaban J connectivity index is 2.15. The van der Waals surface area contributed by atoms with E-state index in [0.717, 1.165) is 5.56 Å². The summed E-state index contributed by atoms with van der Waals surface area (Å²) in [6, 6.07) is 8.54. The number of anilines is 1. The minimum atomic E-state index is -0.286. The second-order valence-electron chi connectivity index (χ2n) is 5.79. The number of aromatic amines is 1. The van der Waals surface area contributed by atoms with Gasteiger partial charge in [-0.15, -0.1) is 0 Å². The van der Waals surface area contributed by atoms with Gasteiger partial charge in [0.15, 0.2) is 0 Å². The fraction of sp³-hybridized carbons (Fsp3) is 0.167. The quantitative estimate of drug-likeness (QED) is 0.676. The van der Waals surface area contributed by atoms with E-state index in [9.17, 15) is 14.7 Å². The Morgan fingerprint density at radius 3 is 2.46 bits per heavy atom. The van der Waals surface area contributed by atoms with Gasteiger partial charge in [-0.05, 0) is 55.3 Å². The molecule has 0 saturated heterocycles. The van der Waals surface area contributed by atoms with Crippen molar-refractivity contribution >= 4 is 22.5 Å². The Bertz CT molecular complexity index is 999. The summed E-state index contributed by atoms with van der Waals surface area (Å²) in [5.74, 6) is 0.471. The molecule has 1 heterocycles. The summed E-state index contributed by atoms with van der Waals surface area (Å²) in [5, 5.41) is 12.9. The molecular formula is C18H17N3O3. The molecule has 1 amide bonds. The number of carbonyl (C=O) groups excluding carboxylic acids is 1. The van der Waals surface area contributed by atoms with E-state index in [1.54, 1.807) is 44.2 Å². The van der Waals surface area contributed by atoms with E-state index < -0.39 is 0 Å². The van der Waals surface area contributed by atoms with Crippen LogP contribution < -0.4 is 10.9 Å². The maximum Gasteiger partial charge on any atom is 0.259 e. The summed E-state index contributed by atoms with van der Waals surface area (Å²) < 4.78 is 0. The molecule has 0 saturated carbocycles. The zero-order chi connectivity index (χ0) is 17.4. The first kappa shape index (κ1) is 15.7. The molecule has 0 aliphatic heterocycles. The average Bonchev–Trinajstić information content (AvgIpc) is 2.52. The highest BCUT2D eigenvalue weighted by Gasteiger charge is 2.10. The smallest absolute Gasteiger partial charge is 0.259 e. The summed E-state index contributed by atoms with van der Waals surface area (Å²) in [6.07, 6.45) is 0. The molecule has 3 rings (SSSR count). The number of carbonyl (C=O) groups is 1. The molecule has 0 fully saturated rings. The normalized spacial score (nSPS) is 10.8. The van der Waals surface area contributed by atoms with E-state index in [0.29, 0.717) is 33.5 Å². The van der Waals surface area contributed by atoms with Gasteiger partial charge in [-0.1, -0.05) is 0 Å². The number of amides is 1. The predicted molar refractivity (Wildman–Crippen MR) is 93.2 cm³/mol. The van der Waals surface area contributed by atoms with Gasteiger partial charge >= 0.3 is 0 Å². The molecule has 6 nitrogen and oxygen atoms in total. The number of aromatic hydroxyl groups is 1. The lowest BCUT2D eigenvalue weighted by Crippen LogP contribution is -2.11. The third kappa shape index (κ3) is 2.86. The van der Waals surface area contributed by atoms with Gasteiger partial charge in [-0.3, -0.25) is 9.59 Å². The van der Waals surface area contributed by atoms with Crippen molar-refractivity contribution in [2.24, 2.45) is 0 Å². The van der Waals surface area contributed by atoms with Crippen LogP contribution in [0.3, 0.4) is 0 Å².